The Morgan fingerprint density at radius 2 is 0.290 bits per heavy atom. The van der Waals surface area contributed by atoms with Crippen molar-refractivity contribution in [1.82, 2.24) is 9.80 Å². The second kappa shape index (κ2) is 59.3. The van der Waals surface area contributed by atoms with Crippen LogP contribution in [0.2, 0.25) is 0 Å². The number of hydrogen-bond acceptors (Lipinski definition) is 14. The minimum atomic E-state index is -0.750. The average molecular weight is 1040 g/mol. The number of likely N-dealkylation sites (N-methyl/N-ethyl adjacent to an activating group) is 2. The van der Waals surface area contributed by atoms with E-state index in [0.29, 0.717) is 26.2 Å². The van der Waals surface area contributed by atoms with Gasteiger partial charge in [0.15, 0.2) is 0 Å². The molecule has 0 aliphatic heterocycles. The molecular formula is C42H94N2O14Ti4. The van der Waals surface area contributed by atoms with E-state index in [1.54, 1.807) is 190 Å². The van der Waals surface area contributed by atoms with E-state index in [-0.39, 0.29) is 124 Å². The van der Waals surface area contributed by atoms with E-state index in [2.05, 4.69) is 0 Å². The third-order valence-electron chi connectivity index (χ3n) is 1.89. The first-order valence-electron chi connectivity index (χ1n) is 18.9. The first-order valence-corrected chi connectivity index (χ1v) is 18.9. The van der Waals surface area contributed by atoms with Crippen molar-refractivity contribution >= 4 is 0 Å². The molecule has 0 aliphatic carbocycles. The molecule has 0 rings (SSSR count). The quantitative estimate of drug-likeness (QED) is 0.211. The van der Waals surface area contributed by atoms with Gasteiger partial charge >= 0.3 is 86.9 Å². The zero-order valence-electron chi connectivity index (χ0n) is 44.3. The summed E-state index contributed by atoms with van der Waals surface area (Å²) in [6.07, 6.45) is 0. The summed E-state index contributed by atoms with van der Waals surface area (Å²) < 4.78 is 0. The predicted molar refractivity (Wildman–Crippen MR) is 214 cm³/mol. The molecule has 0 spiro atoms. The van der Waals surface area contributed by atoms with Crippen LogP contribution in [0.3, 0.4) is 0 Å². The first-order chi connectivity index (χ1) is 23.6. The van der Waals surface area contributed by atoms with Crippen molar-refractivity contribution in [3.05, 3.63) is 0 Å². The van der Waals surface area contributed by atoms with Crippen LogP contribution in [0.1, 0.15) is 166 Å². The van der Waals surface area contributed by atoms with Crippen LogP contribution < -0.4 is 61.3 Å². The molecule has 0 aromatic carbocycles. The third kappa shape index (κ3) is 1150. The van der Waals surface area contributed by atoms with Crippen LogP contribution in [-0.2, 0) is 97.8 Å². The summed E-state index contributed by atoms with van der Waals surface area (Å²) >= 11 is 0. The van der Waals surface area contributed by atoms with E-state index in [1.807, 2.05) is 0 Å². The zero-order valence-corrected chi connectivity index (χ0v) is 50.5. The van der Waals surface area contributed by atoms with Gasteiger partial charge in [-0.25, -0.2) is 0 Å². The van der Waals surface area contributed by atoms with Gasteiger partial charge in [-0.15, -0.1) is 71.2 Å². The summed E-state index contributed by atoms with van der Waals surface area (Å²) in [5.74, 6) is 0. The molecule has 0 N–H and O–H groups in total. The second-order valence-electron chi connectivity index (χ2n) is 20.3. The molecule has 0 aromatic rings. The van der Waals surface area contributed by atoms with Gasteiger partial charge in [0.25, 0.3) is 0 Å². The van der Waals surface area contributed by atoms with E-state index >= 15 is 0 Å². The molecule has 16 nitrogen and oxygen atoms in total. The van der Waals surface area contributed by atoms with Crippen molar-refractivity contribution in [2.45, 2.75) is 211 Å². The SMILES string of the molecule is CC(C)(C)[O-].CC(C)(C)[O-].CC(C)(C)[O-].CC(C)(C)[O-].CC(C)(C)[O-].CC(C)(C)[O-].CC(C)(C)[O-].CC(C)(C)[O-].CN(CC[O-])CC[O-].CN(CC[O-])CC[O-].[O-2].[O-2].[Ti+4].[Ti+4].[Ti+4].[Ti+4]. The summed E-state index contributed by atoms with van der Waals surface area (Å²) in [6.45, 7) is 40.7. The van der Waals surface area contributed by atoms with Gasteiger partial charge in [0.1, 0.15) is 0 Å². The van der Waals surface area contributed by atoms with Crippen molar-refractivity contribution in [3.63, 3.8) is 0 Å². The van der Waals surface area contributed by atoms with Crippen molar-refractivity contribution in [2.24, 2.45) is 0 Å². The van der Waals surface area contributed by atoms with Crippen LogP contribution in [0.25, 0.3) is 0 Å². The van der Waals surface area contributed by atoms with Gasteiger partial charge in [-0.05, 0) is 40.3 Å². The molecule has 0 bridgehead atoms. The van der Waals surface area contributed by atoms with E-state index < -0.39 is 44.8 Å². The first kappa shape index (κ1) is 110. The van der Waals surface area contributed by atoms with Crippen LogP contribution in [-0.4, -0.2) is 121 Å². The number of hydrogen-bond donors (Lipinski definition) is 0. The molecule has 0 saturated heterocycles. The molecule has 0 heterocycles. The molecule has 20 heteroatoms. The molecule has 372 valence electrons. The maximum atomic E-state index is 10.1. The number of nitrogens with zero attached hydrogens (tertiary/aromatic N) is 2. The smallest absolute Gasteiger partial charge is 2.00 e. The molecule has 62 heavy (non-hydrogen) atoms. The molecule has 0 fully saturated rings. The zero-order chi connectivity index (χ0) is 48.8. The van der Waals surface area contributed by atoms with Crippen LogP contribution in [0.4, 0.5) is 0 Å². The Morgan fingerprint density at radius 3 is 0.323 bits per heavy atom. The monoisotopic (exact) mass is 1040 g/mol. The Balaban J connectivity index is -0.0000000270. The summed E-state index contributed by atoms with van der Waals surface area (Å²) in [6, 6.07) is 0. The van der Waals surface area contributed by atoms with Gasteiger partial charge in [0, 0.05) is 0 Å². The van der Waals surface area contributed by atoms with E-state index in [4.69, 9.17) is 0 Å². The predicted octanol–water partition coefficient (Wildman–Crippen LogP) is -3.81. The van der Waals surface area contributed by atoms with Crippen LogP contribution in [0.5, 0.6) is 0 Å². The van der Waals surface area contributed by atoms with Gasteiger partial charge < -0.3 is 82.0 Å². The Morgan fingerprint density at radius 1 is 0.242 bits per heavy atom. The molecule has 0 aromatic heterocycles. The van der Waals surface area contributed by atoms with Gasteiger partial charge in [-0.2, -0.15) is 0 Å². The van der Waals surface area contributed by atoms with Crippen LogP contribution >= 0.6 is 0 Å². The molecule has 0 unspecified atom stereocenters. The fraction of sp³-hybridized carbons (Fsp3) is 1.00. The molecular weight excluding hydrogens is 948 g/mol. The fourth-order valence-electron chi connectivity index (χ4n) is 0.847. The summed E-state index contributed by atoms with van der Waals surface area (Å²) in [5, 5.41) is 120. The fourth-order valence-corrected chi connectivity index (χ4v) is 0.847. The standard InChI is InChI=1S/2C5H11NO2.8C4H9O.2O.4Ti/c2*1-6(2-4-7)3-5-8;8*1-4(2,3)5;;;;;;/h2*2-5H2,1H3;8*1-3H3;;;;;;/q2*-2;8*-1;2*-2;4*+4. The number of rotatable bonds is 8. The Hall–Kier alpha value is 2.22. The van der Waals surface area contributed by atoms with Gasteiger partial charge in [0.2, 0.25) is 0 Å². The molecule has 0 radical (unpaired) electrons. The average Bonchev–Trinajstić information content (AvgIpc) is 2.71. The maximum Gasteiger partial charge on any atom is 4.00 e. The van der Waals surface area contributed by atoms with Crippen molar-refractivity contribution < 1.29 is 159 Å². The van der Waals surface area contributed by atoms with Crippen molar-refractivity contribution in [1.29, 1.82) is 0 Å². The topological polar surface area (TPSA) is 340 Å². The molecule has 0 saturated carbocycles. The third-order valence-corrected chi connectivity index (χ3v) is 1.89. The van der Waals surface area contributed by atoms with Gasteiger partial charge in [0.05, 0.1) is 0 Å². The summed E-state index contributed by atoms with van der Waals surface area (Å²) in [7, 11) is 3.55. The maximum absolute atomic E-state index is 10.1. The van der Waals surface area contributed by atoms with Crippen molar-refractivity contribution in [3.8, 4) is 0 Å². The largest absolute Gasteiger partial charge is 4.00 e. The van der Waals surface area contributed by atoms with Gasteiger partial charge in [-0.1, -0.05) is 166 Å². The van der Waals surface area contributed by atoms with E-state index in [1.165, 1.54) is 0 Å². The van der Waals surface area contributed by atoms with Gasteiger partial charge in [-0.3, -0.25) is 0 Å². The van der Waals surface area contributed by atoms with E-state index in [9.17, 15) is 61.3 Å². The Labute approximate surface area is 443 Å². The molecule has 0 atom stereocenters. The minimum Gasteiger partial charge on any atom is -2.00 e. The Kier molecular flexibility index (Phi) is 106. The molecule has 0 amide bonds. The van der Waals surface area contributed by atoms with E-state index in [0.717, 1.165) is 0 Å². The van der Waals surface area contributed by atoms with Crippen LogP contribution in [0, 0.1) is 0 Å². The second-order valence-corrected chi connectivity index (χ2v) is 20.3. The van der Waals surface area contributed by atoms with Crippen LogP contribution in [0.15, 0.2) is 0 Å². The molecule has 0 aliphatic rings. The minimum absolute atomic E-state index is 0. The van der Waals surface area contributed by atoms with Crippen molar-refractivity contribution in [2.75, 3.05) is 66.7 Å². The Bertz CT molecular complexity index is 524. The summed E-state index contributed by atoms with van der Waals surface area (Å²) in [5.41, 5.74) is -6.00. The normalized spacial score (nSPS) is 10.5. The summed E-state index contributed by atoms with van der Waals surface area (Å²) in [4.78, 5) is 3.47.